The Labute approximate surface area is 186 Å². The summed E-state index contributed by atoms with van der Waals surface area (Å²) in [6.07, 6.45) is -0.750. The minimum atomic E-state index is -0.750. The number of hydrogen-bond acceptors (Lipinski definition) is 4. The van der Waals surface area contributed by atoms with Crippen molar-refractivity contribution in [3.63, 3.8) is 0 Å². The van der Waals surface area contributed by atoms with Crippen LogP contribution in [0.1, 0.15) is 24.2 Å². The van der Waals surface area contributed by atoms with Gasteiger partial charge >= 0.3 is 0 Å². The molecule has 3 aromatic rings. The van der Waals surface area contributed by atoms with Gasteiger partial charge in [-0.1, -0.05) is 29.8 Å². The first-order chi connectivity index (χ1) is 15.0. The molecule has 0 saturated carbocycles. The van der Waals surface area contributed by atoms with Gasteiger partial charge in [0, 0.05) is 11.3 Å². The Hall–Kier alpha value is -3.51. The van der Waals surface area contributed by atoms with E-state index >= 15 is 0 Å². The van der Waals surface area contributed by atoms with Gasteiger partial charge in [0.15, 0.2) is 6.10 Å². The van der Waals surface area contributed by atoms with E-state index in [1.165, 1.54) is 6.07 Å². The quantitative estimate of drug-likeness (QED) is 0.494. The van der Waals surface area contributed by atoms with Crippen LogP contribution in [0.15, 0.2) is 72.8 Å². The number of carbonyl (C=O) groups excluding carboxylic acids is 2. The number of anilines is 2. The number of para-hydroxylation sites is 1. The van der Waals surface area contributed by atoms with Crippen LogP contribution in [0.5, 0.6) is 11.5 Å². The zero-order valence-corrected chi connectivity index (χ0v) is 18.0. The first kappa shape index (κ1) is 22.2. The molecule has 31 heavy (non-hydrogen) atoms. The highest BCUT2D eigenvalue weighted by atomic mass is 35.5. The van der Waals surface area contributed by atoms with Crippen LogP contribution in [0.3, 0.4) is 0 Å². The Morgan fingerprint density at radius 3 is 2.32 bits per heavy atom. The van der Waals surface area contributed by atoms with Crippen molar-refractivity contribution in [2.24, 2.45) is 0 Å². The Balaban J connectivity index is 1.66. The molecule has 7 heteroatoms. The fraction of sp³-hybridized carbons (Fsp3) is 0.167. The number of carbonyl (C=O) groups is 2. The normalized spacial score (nSPS) is 11.3. The second kappa shape index (κ2) is 10.5. The maximum absolute atomic E-state index is 12.6. The molecule has 2 amide bonds. The molecule has 0 aromatic heterocycles. The second-order valence-electron chi connectivity index (χ2n) is 6.67. The molecule has 2 N–H and O–H groups in total. The van der Waals surface area contributed by atoms with Crippen LogP contribution in [0.2, 0.25) is 5.02 Å². The molecule has 0 aliphatic heterocycles. The molecule has 0 heterocycles. The van der Waals surface area contributed by atoms with E-state index in [-0.39, 0.29) is 11.8 Å². The van der Waals surface area contributed by atoms with Gasteiger partial charge in [-0.05, 0) is 68.4 Å². The van der Waals surface area contributed by atoms with Crippen molar-refractivity contribution in [1.82, 2.24) is 0 Å². The second-order valence-corrected chi connectivity index (χ2v) is 7.08. The van der Waals surface area contributed by atoms with Gasteiger partial charge in [-0.15, -0.1) is 0 Å². The third kappa shape index (κ3) is 6.23. The Morgan fingerprint density at radius 2 is 1.65 bits per heavy atom. The summed E-state index contributed by atoms with van der Waals surface area (Å²) in [6, 6.07) is 20.8. The van der Waals surface area contributed by atoms with E-state index < -0.39 is 6.10 Å². The molecule has 0 fully saturated rings. The molecule has 0 spiro atoms. The van der Waals surface area contributed by atoms with E-state index in [0.717, 1.165) is 5.75 Å². The molecule has 0 aliphatic carbocycles. The molecule has 3 rings (SSSR count). The maximum atomic E-state index is 12.6. The molecule has 0 bridgehead atoms. The molecule has 3 aromatic carbocycles. The summed E-state index contributed by atoms with van der Waals surface area (Å²) < 4.78 is 11.0. The largest absolute Gasteiger partial charge is 0.494 e. The van der Waals surface area contributed by atoms with Crippen LogP contribution in [-0.2, 0) is 4.79 Å². The topological polar surface area (TPSA) is 76.7 Å². The highest BCUT2D eigenvalue weighted by molar-refractivity contribution is 6.34. The first-order valence-electron chi connectivity index (χ1n) is 9.82. The van der Waals surface area contributed by atoms with E-state index in [1.54, 1.807) is 55.5 Å². The number of ether oxygens (including phenoxy) is 2. The molecule has 1 atom stereocenters. The number of nitrogens with one attached hydrogen (secondary N) is 2. The van der Waals surface area contributed by atoms with Crippen molar-refractivity contribution < 1.29 is 19.1 Å². The number of hydrogen-bond donors (Lipinski definition) is 2. The number of amides is 2. The first-order valence-corrected chi connectivity index (χ1v) is 10.2. The molecular weight excluding hydrogens is 416 g/mol. The average Bonchev–Trinajstić information content (AvgIpc) is 2.77. The third-order valence-electron chi connectivity index (χ3n) is 4.33. The van der Waals surface area contributed by atoms with Crippen molar-refractivity contribution in [1.29, 1.82) is 0 Å². The molecule has 160 valence electrons. The summed E-state index contributed by atoms with van der Waals surface area (Å²) in [5.41, 5.74) is 1.30. The summed E-state index contributed by atoms with van der Waals surface area (Å²) in [5, 5.41) is 5.84. The number of halogens is 1. The van der Waals surface area contributed by atoms with Gasteiger partial charge in [0.1, 0.15) is 11.5 Å². The summed E-state index contributed by atoms with van der Waals surface area (Å²) >= 11 is 6.22. The number of rotatable bonds is 8. The predicted molar refractivity (Wildman–Crippen MR) is 122 cm³/mol. The monoisotopic (exact) mass is 438 g/mol. The van der Waals surface area contributed by atoms with Crippen LogP contribution in [0, 0.1) is 0 Å². The summed E-state index contributed by atoms with van der Waals surface area (Å²) in [5.74, 6) is 0.600. The lowest BCUT2D eigenvalue weighted by Crippen LogP contribution is -2.30. The summed E-state index contributed by atoms with van der Waals surface area (Å²) in [4.78, 5) is 25.1. The zero-order chi connectivity index (χ0) is 22.2. The van der Waals surface area contributed by atoms with E-state index in [0.29, 0.717) is 34.3 Å². The molecular formula is C24H23ClN2O4. The SMILES string of the molecule is CCOc1ccc(NC(=O)c2ccc(Cl)c(NC(=O)C(C)Oc3ccccc3)c2)cc1. The van der Waals surface area contributed by atoms with Gasteiger partial charge < -0.3 is 20.1 Å². The molecule has 6 nitrogen and oxygen atoms in total. The van der Waals surface area contributed by atoms with Gasteiger partial charge in [0.2, 0.25) is 0 Å². The van der Waals surface area contributed by atoms with Crippen LogP contribution >= 0.6 is 11.6 Å². The van der Waals surface area contributed by atoms with Gasteiger partial charge in [-0.2, -0.15) is 0 Å². The number of benzene rings is 3. The van der Waals surface area contributed by atoms with Crippen molar-refractivity contribution >= 4 is 34.8 Å². The lowest BCUT2D eigenvalue weighted by atomic mass is 10.1. The zero-order valence-electron chi connectivity index (χ0n) is 17.2. The molecule has 0 saturated heterocycles. The van der Waals surface area contributed by atoms with Gasteiger partial charge in [0.25, 0.3) is 11.8 Å². The highest BCUT2D eigenvalue weighted by Gasteiger charge is 2.17. The predicted octanol–water partition coefficient (Wildman–Crippen LogP) is 5.40. The lowest BCUT2D eigenvalue weighted by molar-refractivity contribution is -0.122. The lowest BCUT2D eigenvalue weighted by Gasteiger charge is -2.16. The van der Waals surface area contributed by atoms with E-state index in [4.69, 9.17) is 21.1 Å². The molecule has 0 aliphatic rings. The Bertz CT molecular complexity index is 1040. The Kier molecular flexibility index (Phi) is 7.51. The van der Waals surface area contributed by atoms with Crippen molar-refractivity contribution in [2.75, 3.05) is 17.2 Å². The fourth-order valence-electron chi connectivity index (χ4n) is 2.76. The molecule has 1 unspecified atom stereocenters. The fourth-order valence-corrected chi connectivity index (χ4v) is 2.92. The van der Waals surface area contributed by atoms with Crippen molar-refractivity contribution in [3.05, 3.63) is 83.4 Å². The average molecular weight is 439 g/mol. The van der Waals surface area contributed by atoms with Crippen molar-refractivity contribution in [3.8, 4) is 11.5 Å². The van der Waals surface area contributed by atoms with Crippen LogP contribution in [0.4, 0.5) is 11.4 Å². The maximum Gasteiger partial charge on any atom is 0.265 e. The van der Waals surface area contributed by atoms with Gasteiger partial charge in [-0.25, -0.2) is 0 Å². The minimum absolute atomic E-state index is 0.317. The third-order valence-corrected chi connectivity index (χ3v) is 4.66. The van der Waals surface area contributed by atoms with E-state index in [9.17, 15) is 9.59 Å². The van der Waals surface area contributed by atoms with Gasteiger partial charge in [0.05, 0.1) is 17.3 Å². The standard InChI is InChI=1S/C24H23ClN2O4/c1-3-30-19-12-10-18(11-13-19)26-24(29)17-9-14-21(25)22(15-17)27-23(28)16(2)31-20-7-5-4-6-8-20/h4-16H,3H2,1-2H3,(H,26,29)(H,27,28). The Morgan fingerprint density at radius 1 is 0.935 bits per heavy atom. The smallest absolute Gasteiger partial charge is 0.265 e. The minimum Gasteiger partial charge on any atom is -0.494 e. The van der Waals surface area contributed by atoms with Crippen LogP contribution in [0.25, 0.3) is 0 Å². The van der Waals surface area contributed by atoms with Crippen molar-refractivity contribution in [2.45, 2.75) is 20.0 Å². The molecule has 0 radical (unpaired) electrons. The van der Waals surface area contributed by atoms with Gasteiger partial charge in [-0.3, -0.25) is 9.59 Å². The highest BCUT2D eigenvalue weighted by Crippen LogP contribution is 2.25. The summed E-state index contributed by atoms with van der Waals surface area (Å²) in [7, 11) is 0. The summed E-state index contributed by atoms with van der Waals surface area (Å²) in [6.45, 7) is 4.11. The van der Waals surface area contributed by atoms with E-state index in [1.807, 2.05) is 25.1 Å². The van der Waals surface area contributed by atoms with Crippen LogP contribution < -0.4 is 20.1 Å². The van der Waals surface area contributed by atoms with E-state index in [2.05, 4.69) is 10.6 Å². The van der Waals surface area contributed by atoms with Crippen LogP contribution in [-0.4, -0.2) is 24.5 Å².